The Kier molecular flexibility index (Phi) is 4.46. The lowest BCUT2D eigenvalue weighted by Crippen LogP contribution is -2.72. The third-order valence-electron chi connectivity index (χ3n) is 8.79. The molecule has 10 atom stereocenters. The van der Waals surface area contributed by atoms with E-state index in [2.05, 4.69) is 48.0 Å². The number of hydrogen-bond acceptors (Lipinski definition) is 5. The van der Waals surface area contributed by atoms with Gasteiger partial charge in [-0.2, -0.15) is 0 Å². The van der Waals surface area contributed by atoms with Gasteiger partial charge in [-0.15, -0.1) is 24.0 Å². The van der Waals surface area contributed by atoms with E-state index in [0.717, 1.165) is 19.3 Å². The lowest BCUT2D eigenvalue weighted by molar-refractivity contribution is -0.212. The first-order chi connectivity index (χ1) is 13.5. The second-order valence-corrected chi connectivity index (χ2v) is 9.67. The number of halogens is 2. The Bertz CT molecular complexity index is 853. The number of hydrogen-bond donors (Lipinski definition) is 1. The Balaban J connectivity index is 0.00000181. The molecule has 29 heavy (non-hydrogen) atoms. The molecule has 5 aliphatic heterocycles. The minimum atomic E-state index is -0.382. The van der Waals surface area contributed by atoms with Crippen LogP contribution in [-0.2, 0) is 14.9 Å². The van der Waals surface area contributed by atoms with Crippen LogP contribution in [0.2, 0.25) is 0 Å². The van der Waals surface area contributed by atoms with Crippen LogP contribution in [0.5, 0.6) is 0 Å². The molecule has 1 aromatic rings. The van der Waals surface area contributed by atoms with Crippen molar-refractivity contribution < 1.29 is 14.6 Å². The van der Waals surface area contributed by atoms with Gasteiger partial charge in [0, 0.05) is 36.7 Å². The molecule has 4 saturated heterocycles. The van der Waals surface area contributed by atoms with Gasteiger partial charge in [-0.25, -0.2) is 0 Å². The summed E-state index contributed by atoms with van der Waals surface area (Å²) in [4.78, 5) is 17.2. The SMILES string of the molecule is CCC1C2CC3C4N(C)c5ccccc5C45CC(C2C5OC(=O)CCl)N3C1O.Cl. The molecule has 0 radical (unpaired) electrons. The number of fused-ring (bicyclic) bond motifs is 2. The monoisotopic (exact) mass is 438 g/mol. The van der Waals surface area contributed by atoms with Crippen LogP contribution in [0.15, 0.2) is 24.3 Å². The fraction of sp³-hybridized carbons (Fsp3) is 0.682. The molecule has 1 spiro atoms. The molecular formula is C22H28Cl2N2O3. The van der Waals surface area contributed by atoms with E-state index >= 15 is 0 Å². The first-order valence-electron chi connectivity index (χ1n) is 10.6. The Morgan fingerprint density at radius 2 is 2.10 bits per heavy atom. The van der Waals surface area contributed by atoms with Crippen LogP contribution in [0, 0.1) is 17.8 Å². The van der Waals surface area contributed by atoms with Crippen LogP contribution in [0.4, 0.5) is 5.69 Å². The number of alkyl halides is 1. The van der Waals surface area contributed by atoms with Crippen LogP contribution in [-0.4, -0.2) is 59.4 Å². The number of carbonyl (C=O) groups is 1. The highest BCUT2D eigenvalue weighted by Crippen LogP contribution is 2.69. The second kappa shape index (κ2) is 6.49. The zero-order chi connectivity index (χ0) is 19.4. The summed E-state index contributed by atoms with van der Waals surface area (Å²) in [6.07, 6.45) is 2.44. The third kappa shape index (κ3) is 2.13. The standard InChI is InChI=1S/C22H27ClN2O3.ClH/c1-3-11-12-8-15-19-22(13-6-4-5-7-14(13)24(19)2)9-16(25(15)21(11)27)18(12)20(22)28-17(26)10-23;/h4-7,11-12,15-16,18-21,27H,3,8-10H2,1-2H3;1H. The summed E-state index contributed by atoms with van der Waals surface area (Å²) in [7, 11) is 2.17. The van der Waals surface area contributed by atoms with Gasteiger partial charge in [0.15, 0.2) is 0 Å². The summed E-state index contributed by atoms with van der Waals surface area (Å²) >= 11 is 5.87. The Morgan fingerprint density at radius 3 is 2.83 bits per heavy atom. The quantitative estimate of drug-likeness (QED) is 0.580. The highest BCUT2D eigenvalue weighted by molar-refractivity contribution is 6.26. The number of likely N-dealkylation sites (N-methyl/N-ethyl adjacent to an activating group) is 1. The Labute approximate surface area is 182 Å². The van der Waals surface area contributed by atoms with E-state index in [1.165, 1.54) is 11.3 Å². The molecule has 1 aromatic carbocycles. The first kappa shape index (κ1) is 19.9. The van der Waals surface area contributed by atoms with Gasteiger partial charge in [-0.05, 0) is 36.8 Å². The molecule has 7 rings (SSSR count). The highest BCUT2D eigenvalue weighted by atomic mass is 35.5. The predicted octanol–water partition coefficient (Wildman–Crippen LogP) is 2.77. The molecule has 5 bridgehead atoms. The van der Waals surface area contributed by atoms with E-state index in [0.29, 0.717) is 12.0 Å². The van der Waals surface area contributed by atoms with Crippen LogP contribution < -0.4 is 4.90 Å². The number of esters is 1. The normalized spacial score (nSPS) is 47.6. The topological polar surface area (TPSA) is 53.0 Å². The summed E-state index contributed by atoms with van der Waals surface area (Å²) in [5.41, 5.74) is 2.36. The van der Waals surface area contributed by atoms with Gasteiger partial charge in [0.25, 0.3) is 0 Å². The molecule has 5 nitrogen and oxygen atoms in total. The van der Waals surface area contributed by atoms with Gasteiger partial charge in [-0.1, -0.05) is 25.1 Å². The van der Waals surface area contributed by atoms with E-state index in [1.54, 1.807) is 0 Å². The number of rotatable bonds is 3. The van der Waals surface area contributed by atoms with Crippen LogP contribution >= 0.6 is 24.0 Å². The van der Waals surface area contributed by atoms with Crippen molar-refractivity contribution in [3.8, 4) is 0 Å². The summed E-state index contributed by atoms with van der Waals surface area (Å²) in [5, 5.41) is 11.2. The number of para-hydroxylation sites is 1. The summed E-state index contributed by atoms with van der Waals surface area (Å²) in [6.45, 7) is 2.17. The molecule has 5 fully saturated rings. The van der Waals surface area contributed by atoms with E-state index in [-0.39, 0.29) is 65.9 Å². The number of aliphatic hydroxyl groups is 1. The Morgan fingerprint density at radius 1 is 1.34 bits per heavy atom. The molecule has 1 saturated carbocycles. The molecule has 0 aromatic heterocycles. The third-order valence-corrected chi connectivity index (χ3v) is 9.01. The number of piperidine rings is 4. The molecule has 1 N–H and O–H groups in total. The van der Waals surface area contributed by atoms with Gasteiger partial charge in [0.1, 0.15) is 18.2 Å². The minimum Gasteiger partial charge on any atom is -0.460 e. The predicted molar refractivity (Wildman–Crippen MR) is 114 cm³/mol. The van der Waals surface area contributed by atoms with E-state index in [1.807, 2.05) is 0 Å². The van der Waals surface area contributed by atoms with Gasteiger partial charge in [0.2, 0.25) is 0 Å². The summed E-state index contributed by atoms with van der Waals surface area (Å²) in [6, 6.07) is 9.40. The van der Waals surface area contributed by atoms with Crippen LogP contribution in [0.25, 0.3) is 0 Å². The number of nitrogens with zero attached hydrogens (tertiary/aromatic N) is 2. The minimum absolute atomic E-state index is 0. The fourth-order valence-electron chi connectivity index (χ4n) is 8.20. The fourth-order valence-corrected chi connectivity index (χ4v) is 8.26. The zero-order valence-electron chi connectivity index (χ0n) is 16.7. The molecule has 0 amide bonds. The summed E-state index contributed by atoms with van der Waals surface area (Å²) in [5.74, 6) is 0.510. The van der Waals surface area contributed by atoms with Crippen LogP contribution in [0.3, 0.4) is 0 Å². The average Bonchev–Trinajstić information content (AvgIpc) is 3.10. The lowest BCUT2D eigenvalue weighted by Gasteiger charge is -2.62. The first-order valence-corrected chi connectivity index (χ1v) is 11.1. The molecule has 10 unspecified atom stereocenters. The smallest absolute Gasteiger partial charge is 0.321 e. The maximum atomic E-state index is 12.4. The molecule has 7 heteroatoms. The number of ether oxygens (including phenoxy) is 1. The van der Waals surface area contributed by atoms with Crippen molar-refractivity contribution >= 4 is 35.7 Å². The Hall–Kier alpha value is -1.01. The van der Waals surface area contributed by atoms with Crippen molar-refractivity contribution in [1.82, 2.24) is 4.90 Å². The molecular weight excluding hydrogens is 411 g/mol. The van der Waals surface area contributed by atoms with Crippen molar-refractivity contribution in [3.05, 3.63) is 29.8 Å². The number of benzene rings is 1. The van der Waals surface area contributed by atoms with Gasteiger partial charge in [0.05, 0.1) is 11.5 Å². The largest absolute Gasteiger partial charge is 0.460 e. The van der Waals surface area contributed by atoms with Gasteiger partial charge < -0.3 is 14.7 Å². The zero-order valence-corrected chi connectivity index (χ0v) is 18.3. The lowest BCUT2D eigenvalue weighted by atomic mass is 9.62. The van der Waals surface area contributed by atoms with Crippen molar-refractivity contribution in [2.24, 2.45) is 17.8 Å². The molecule has 5 heterocycles. The number of anilines is 1. The van der Waals surface area contributed by atoms with E-state index in [4.69, 9.17) is 16.3 Å². The number of carbonyl (C=O) groups excluding carboxylic acids is 1. The maximum absolute atomic E-state index is 12.4. The van der Waals surface area contributed by atoms with Gasteiger partial charge >= 0.3 is 5.97 Å². The molecule has 6 aliphatic rings. The van der Waals surface area contributed by atoms with Crippen molar-refractivity contribution in [2.45, 2.75) is 62.1 Å². The van der Waals surface area contributed by atoms with Crippen LogP contribution in [0.1, 0.15) is 31.7 Å². The van der Waals surface area contributed by atoms with E-state index < -0.39 is 0 Å². The molecule has 158 valence electrons. The van der Waals surface area contributed by atoms with Crippen molar-refractivity contribution in [2.75, 3.05) is 17.8 Å². The van der Waals surface area contributed by atoms with Gasteiger partial charge in [-0.3, -0.25) is 9.69 Å². The average molecular weight is 439 g/mol. The maximum Gasteiger partial charge on any atom is 0.321 e. The second-order valence-electron chi connectivity index (χ2n) is 9.41. The van der Waals surface area contributed by atoms with E-state index in [9.17, 15) is 9.90 Å². The summed E-state index contributed by atoms with van der Waals surface area (Å²) < 4.78 is 6.19. The molecule has 1 aliphatic carbocycles. The number of aliphatic hydroxyl groups excluding tert-OH is 1. The van der Waals surface area contributed by atoms with Crippen molar-refractivity contribution in [1.29, 1.82) is 0 Å². The highest BCUT2D eigenvalue weighted by Gasteiger charge is 2.77. The van der Waals surface area contributed by atoms with Crippen molar-refractivity contribution in [3.63, 3.8) is 0 Å².